The molecule has 1 aliphatic rings. The Labute approximate surface area is 189 Å². The predicted molar refractivity (Wildman–Crippen MR) is 116 cm³/mol. The molecule has 31 heavy (non-hydrogen) atoms. The summed E-state index contributed by atoms with van der Waals surface area (Å²) in [6, 6.07) is 9.59. The van der Waals surface area contributed by atoms with Gasteiger partial charge in [-0.3, -0.25) is 10.1 Å². The fraction of sp³-hybridized carbons (Fsp3) is 0.333. The van der Waals surface area contributed by atoms with Gasteiger partial charge in [-0.2, -0.15) is 0 Å². The molecule has 1 N–H and O–H groups in total. The van der Waals surface area contributed by atoms with E-state index in [2.05, 4.69) is 4.98 Å². The van der Waals surface area contributed by atoms with Crippen LogP contribution in [0.25, 0.3) is 5.70 Å². The highest BCUT2D eigenvalue weighted by Gasteiger charge is 2.59. The van der Waals surface area contributed by atoms with Gasteiger partial charge in [-0.05, 0) is 25.5 Å². The van der Waals surface area contributed by atoms with Crippen LogP contribution >= 0.6 is 23.2 Å². The molecular formula is C21H21Cl2N3O5. The quantitative estimate of drug-likeness (QED) is 0.299. The minimum Gasteiger partial charge on any atom is -0.467 e. The van der Waals surface area contributed by atoms with Gasteiger partial charge in [-0.15, -0.1) is 0 Å². The zero-order valence-corrected chi connectivity index (χ0v) is 18.6. The summed E-state index contributed by atoms with van der Waals surface area (Å²) >= 11 is 12.5. The number of rotatable bonds is 6. The normalized spacial score (nSPS) is 20.3. The zero-order valence-electron chi connectivity index (χ0n) is 17.1. The highest BCUT2D eigenvalue weighted by atomic mass is 35.5. The summed E-state index contributed by atoms with van der Waals surface area (Å²) in [5.74, 6) is -2.45. The van der Waals surface area contributed by atoms with Gasteiger partial charge in [-0.25, -0.2) is 9.78 Å². The van der Waals surface area contributed by atoms with Crippen LogP contribution in [-0.2, 0) is 15.1 Å². The molecule has 164 valence electrons. The molecule has 3 rings (SSSR count). The van der Waals surface area contributed by atoms with Gasteiger partial charge in [0.1, 0.15) is 21.9 Å². The monoisotopic (exact) mass is 465 g/mol. The molecular weight excluding hydrogens is 445 g/mol. The second kappa shape index (κ2) is 8.82. The summed E-state index contributed by atoms with van der Waals surface area (Å²) in [5.41, 5.74) is -2.20. The number of hydrogen-bond donors (Lipinski definition) is 1. The fourth-order valence-electron chi connectivity index (χ4n) is 4.11. The van der Waals surface area contributed by atoms with Gasteiger partial charge in [0, 0.05) is 24.2 Å². The molecule has 0 fully saturated rings. The van der Waals surface area contributed by atoms with Gasteiger partial charge in [0.15, 0.2) is 0 Å². The Hall–Kier alpha value is -2.68. The van der Waals surface area contributed by atoms with Crippen LogP contribution < -0.4 is 0 Å². The second-order valence-corrected chi connectivity index (χ2v) is 7.67. The summed E-state index contributed by atoms with van der Waals surface area (Å²) in [6.45, 7) is 4.51. The van der Waals surface area contributed by atoms with Crippen molar-refractivity contribution in [3.05, 3.63) is 79.2 Å². The van der Waals surface area contributed by atoms with E-state index in [9.17, 15) is 20.0 Å². The van der Waals surface area contributed by atoms with E-state index in [1.807, 2.05) is 13.8 Å². The Balaban J connectivity index is 2.57. The fourth-order valence-corrected chi connectivity index (χ4v) is 4.63. The number of methoxy groups -OCH3 is 1. The summed E-state index contributed by atoms with van der Waals surface area (Å²) in [7, 11) is 1.10. The van der Waals surface area contributed by atoms with Crippen molar-refractivity contribution >= 4 is 34.9 Å². The minimum absolute atomic E-state index is 0.00528. The van der Waals surface area contributed by atoms with Gasteiger partial charge in [0.05, 0.1) is 12.0 Å². The molecule has 2 unspecified atom stereocenters. The molecule has 1 heterocycles. The molecule has 0 radical (unpaired) electrons. The number of fused-ring (bicyclic) bond motifs is 1. The molecule has 0 saturated heterocycles. The van der Waals surface area contributed by atoms with Crippen molar-refractivity contribution in [2.24, 2.45) is 0 Å². The van der Waals surface area contributed by atoms with Gasteiger partial charge in [0.25, 0.3) is 5.70 Å². The minimum atomic E-state index is -2.46. The number of halogens is 2. The maximum absolute atomic E-state index is 13.0. The summed E-state index contributed by atoms with van der Waals surface area (Å²) < 4.78 is 4.90. The molecule has 8 nitrogen and oxygen atoms in total. The summed E-state index contributed by atoms with van der Waals surface area (Å²) in [6.07, 6.45) is 0. The molecule has 0 bridgehead atoms. The Bertz CT molecular complexity index is 1060. The smallest absolute Gasteiger partial charge is 0.343 e. The number of hydrogen-bond acceptors (Lipinski definition) is 7. The summed E-state index contributed by atoms with van der Waals surface area (Å²) in [4.78, 5) is 30.6. The molecule has 1 aromatic carbocycles. The second-order valence-electron chi connectivity index (χ2n) is 6.92. The molecule has 2 aromatic rings. The first-order valence-corrected chi connectivity index (χ1v) is 10.3. The van der Waals surface area contributed by atoms with Crippen molar-refractivity contribution in [2.75, 3.05) is 20.2 Å². The van der Waals surface area contributed by atoms with Gasteiger partial charge in [0.2, 0.25) is 5.60 Å². The van der Waals surface area contributed by atoms with Gasteiger partial charge >= 0.3 is 5.97 Å². The SMILES string of the molecule is CCN(CC)C1=C([N+](=O)[O-])C(c2ccccc2)C(O)(C(=O)OC)c2cc(Cl)nc(Cl)c21. The standard InChI is InChI=1S/C21H21Cl2N3O5/c1-4-25(5-2)17-15-13(11-14(22)24-19(15)23)21(28,20(27)31-3)16(18(17)26(29)30)12-9-7-6-8-10-12/h6-11,16,28H,4-5H2,1-3H3. The third kappa shape index (κ3) is 3.64. The number of pyridine rings is 1. The van der Waals surface area contributed by atoms with Crippen LogP contribution in [0.4, 0.5) is 0 Å². The summed E-state index contributed by atoms with van der Waals surface area (Å²) in [5, 5.41) is 24.1. The number of aliphatic hydroxyl groups is 1. The first kappa shape index (κ1) is 23.0. The molecule has 1 aliphatic carbocycles. The Morgan fingerprint density at radius 1 is 1.29 bits per heavy atom. The molecule has 10 heteroatoms. The van der Waals surface area contributed by atoms with E-state index in [0.29, 0.717) is 18.7 Å². The maximum Gasteiger partial charge on any atom is 0.343 e. The van der Waals surface area contributed by atoms with E-state index in [4.69, 9.17) is 27.9 Å². The zero-order chi connectivity index (χ0) is 22.9. The Morgan fingerprint density at radius 3 is 2.42 bits per heavy atom. The predicted octanol–water partition coefficient (Wildman–Crippen LogP) is 3.83. The van der Waals surface area contributed by atoms with E-state index >= 15 is 0 Å². The number of carbonyl (C=O) groups excluding carboxylic acids is 1. The van der Waals surface area contributed by atoms with Crippen molar-refractivity contribution in [3.63, 3.8) is 0 Å². The number of nitrogens with zero attached hydrogens (tertiary/aromatic N) is 3. The van der Waals surface area contributed by atoms with Gasteiger partial charge in [-0.1, -0.05) is 53.5 Å². The van der Waals surface area contributed by atoms with Crippen LogP contribution in [0.5, 0.6) is 0 Å². The third-order valence-electron chi connectivity index (χ3n) is 5.43. The molecule has 0 amide bonds. The van der Waals surface area contributed by atoms with Crippen LogP contribution in [0.15, 0.2) is 42.1 Å². The average molecular weight is 466 g/mol. The van der Waals surface area contributed by atoms with E-state index < -0.39 is 22.4 Å². The first-order chi connectivity index (χ1) is 14.7. The highest BCUT2D eigenvalue weighted by Crippen LogP contribution is 2.53. The number of esters is 1. The molecule has 0 saturated carbocycles. The van der Waals surface area contributed by atoms with Crippen LogP contribution in [0.2, 0.25) is 10.3 Å². The van der Waals surface area contributed by atoms with Crippen molar-refractivity contribution in [1.29, 1.82) is 0 Å². The maximum atomic E-state index is 13.0. The number of aromatic nitrogens is 1. The van der Waals surface area contributed by atoms with Gasteiger partial charge < -0.3 is 14.7 Å². The van der Waals surface area contributed by atoms with Crippen LogP contribution in [0.1, 0.15) is 36.5 Å². The average Bonchev–Trinajstić information content (AvgIpc) is 2.75. The topological polar surface area (TPSA) is 106 Å². The molecule has 1 aromatic heterocycles. The number of nitro groups is 1. The third-order valence-corrected chi connectivity index (χ3v) is 5.90. The lowest BCUT2D eigenvalue weighted by Crippen LogP contribution is -2.49. The Morgan fingerprint density at radius 2 is 1.90 bits per heavy atom. The van der Waals surface area contributed by atoms with E-state index in [0.717, 1.165) is 7.11 Å². The molecule has 0 aliphatic heterocycles. The van der Waals surface area contributed by atoms with Crippen LogP contribution in [0, 0.1) is 10.1 Å². The van der Waals surface area contributed by atoms with E-state index in [1.54, 1.807) is 35.2 Å². The number of ether oxygens (including phenoxy) is 1. The lowest BCUT2D eigenvalue weighted by molar-refractivity contribution is -0.433. The largest absolute Gasteiger partial charge is 0.467 e. The molecule has 2 atom stereocenters. The van der Waals surface area contributed by atoms with Crippen LogP contribution in [-0.4, -0.2) is 46.1 Å². The van der Waals surface area contributed by atoms with Crippen molar-refractivity contribution < 1.29 is 19.6 Å². The van der Waals surface area contributed by atoms with Crippen molar-refractivity contribution in [3.8, 4) is 0 Å². The lowest BCUT2D eigenvalue weighted by atomic mass is 9.69. The van der Waals surface area contributed by atoms with Crippen molar-refractivity contribution in [2.45, 2.75) is 25.4 Å². The molecule has 0 spiro atoms. The van der Waals surface area contributed by atoms with Crippen LogP contribution in [0.3, 0.4) is 0 Å². The van der Waals surface area contributed by atoms with Crippen molar-refractivity contribution in [1.82, 2.24) is 9.88 Å². The number of benzene rings is 1. The lowest BCUT2D eigenvalue weighted by Gasteiger charge is -2.40. The first-order valence-electron chi connectivity index (χ1n) is 9.58. The Kier molecular flexibility index (Phi) is 6.54. The van der Waals surface area contributed by atoms with E-state index in [1.165, 1.54) is 6.07 Å². The van der Waals surface area contributed by atoms with E-state index in [-0.39, 0.29) is 32.8 Å². The highest BCUT2D eigenvalue weighted by molar-refractivity contribution is 6.34. The number of carbonyl (C=O) groups is 1.